The summed E-state index contributed by atoms with van der Waals surface area (Å²) in [5, 5.41) is 20.0. The Bertz CT molecular complexity index is 656. The number of aliphatic hydroxyl groups is 2. The summed E-state index contributed by atoms with van der Waals surface area (Å²) in [6.07, 6.45) is 13.9. The predicted octanol–water partition coefficient (Wildman–Crippen LogP) is 6.44. The van der Waals surface area contributed by atoms with Gasteiger partial charge in [0, 0.05) is 0 Å². The zero-order chi connectivity index (χ0) is 21.2. The molecule has 3 saturated carbocycles. The molecule has 4 unspecified atom stereocenters. The molecule has 164 valence electrons. The molecule has 29 heavy (non-hydrogen) atoms. The molecular weight excluding hydrogens is 363 g/mol. The van der Waals surface area contributed by atoms with E-state index in [9.17, 15) is 14.6 Å². The molecule has 2 N–H and O–H groups in total. The van der Waals surface area contributed by atoms with Crippen LogP contribution < -0.4 is 0 Å². The summed E-state index contributed by atoms with van der Waals surface area (Å²) in [6.45, 7) is 10.2. The molecule has 0 radical (unpaired) electrons. The summed E-state index contributed by atoms with van der Waals surface area (Å²) >= 11 is 0. The van der Waals surface area contributed by atoms with Gasteiger partial charge in [-0.15, -0.1) is 0 Å². The maximum Gasteiger partial charge on any atom is 0.126 e. The van der Waals surface area contributed by atoms with E-state index in [1.807, 2.05) is 19.9 Å². The lowest BCUT2D eigenvalue weighted by molar-refractivity contribution is 0.0660. The molecule has 5 atom stereocenters. The van der Waals surface area contributed by atoms with Crippen LogP contribution in [0, 0.1) is 17.3 Å². The van der Waals surface area contributed by atoms with Gasteiger partial charge in [-0.25, -0.2) is 4.39 Å². The van der Waals surface area contributed by atoms with E-state index in [4.69, 9.17) is 0 Å². The second-order valence-electron chi connectivity index (χ2n) is 10.7. The van der Waals surface area contributed by atoms with Crippen LogP contribution >= 0.6 is 0 Å². The van der Waals surface area contributed by atoms with Gasteiger partial charge in [0.25, 0.3) is 0 Å². The molecule has 0 saturated heterocycles. The summed E-state index contributed by atoms with van der Waals surface area (Å²) < 4.78 is 14.4. The lowest BCUT2D eigenvalue weighted by atomic mass is 9.62. The van der Waals surface area contributed by atoms with Gasteiger partial charge in [-0.1, -0.05) is 44.1 Å². The van der Waals surface area contributed by atoms with Crippen molar-refractivity contribution in [1.29, 1.82) is 0 Å². The Kier molecular flexibility index (Phi) is 7.10. The summed E-state index contributed by atoms with van der Waals surface area (Å²) in [4.78, 5) is 0. The Morgan fingerprint density at radius 2 is 1.93 bits per heavy atom. The summed E-state index contributed by atoms with van der Waals surface area (Å²) in [5.74, 6) is 1.36. The van der Waals surface area contributed by atoms with Gasteiger partial charge in [-0.05, 0) is 100 Å². The number of hydrogen-bond donors (Lipinski definition) is 2. The van der Waals surface area contributed by atoms with Crippen LogP contribution in [0.15, 0.2) is 35.5 Å². The molecule has 0 aromatic rings. The average Bonchev–Trinajstić information content (AvgIpc) is 2.98. The molecule has 2 nitrogen and oxygen atoms in total. The van der Waals surface area contributed by atoms with Crippen molar-refractivity contribution in [2.75, 3.05) is 0 Å². The van der Waals surface area contributed by atoms with Crippen molar-refractivity contribution >= 4 is 0 Å². The van der Waals surface area contributed by atoms with Gasteiger partial charge in [0.05, 0.1) is 11.7 Å². The van der Waals surface area contributed by atoms with Crippen LogP contribution in [0.2, 0.25) is 0 Å². The third-order valence-corrected chi connectivity index (χ3v) is 8.03. The standard InChI is InChI=1S/C26H41FO2/c1-18-21(23(27)14-15-24(18)28)12-10-19-8-7-17-26(4)20(11-13-22(19)26)9-5-6-16-25(2,3)29/h10,12,20,22-24,28-29H,1,5-9,11,13-17H2,2-4H3/b19-10+,21-12+/t20?,22?,23?,24-,26?/m0/s1. The third kappa shape index (κ3) is 5.22. The highest BCUT2D eigenvalue weighted by molar-refractivity contribution is 5.40. The molecule has 3 fully saturated rings. The molecular formula is C26H41FO2. The number of fused-ring (bicyclic) bond motifs is 1. The van der Waals surface area contributed by atoms with Gasteiger partial charge in [0.15, 0.2) is 0 Å². The largest absolute Gasteiger partial charge is 0.390 e. The van der Waals surface area contributed by atoms with Crippen molar-refractivity contribution in [2.45, 2.75) is 109 Å². The fourth-order valence-corrected chi connectivity index (χ4v) is 6.20. The van der Waals surface area contributed by atoms with E-state index >= 15 is 0 Å². The Morgan fingerprint density at radius 3 is 2.66 bits per heavy atom. The number of halogens is 1. The molecule has 0 amide bonds. The van der Waals surface area contributed by atoms with Crippen molar-refractivity contribution in [3.63, 3.8) is 0 Å². The number of alkyl halides is 1. The summed E-state index contributed by atoms with van der Waals surface area (Å²) in [7, 11) is 0. The van der Waals surface area contributed by atoms with Crippen LogP contribution in [0.1, 0.15) is 91.4 Å². The van der Waals surface area contributed by atoms with Crippen LogP contribution in [0.4, 0.5) is 4.39 Å². The van der Waals surface area contributed by atoms with Gasteiger partial charge >= 0.3 is 0 Å². The minimum Gasteiger partial charge on any atom is -0.390 e. The van der Waals surface area contributed by atoms with Crippen molar-refractivity contribution in [3.8, 4) is 0 Å². The van der Waals surface area contributed by atoms with E-state index in [2.05, 4.69) is 19.6 Å². The van der Waals surface area contributed by atoms with E-state index in [0.29, 0.717) is 35.3 Å². The Balaban J connectivity index is 1.67. The van der Waals surface area contributed by atoms with Crippen LogP contribution in [-0.4, -0.2) is 28.1 Å². The average molecular weight is 405 g/mol. The highest BCUT2D eigenvalue weighted by atomic mass is 19.1. The minimum atomic E-state index is -0.996. The van der Waals surface area contributed by atoms with Gasteiger partial charge in [0.2, 0.25) is 0 Å². The van der Waals surface area contributed by atoms with Gasteiger partial charge in [-0.2, -0.15) is 0 Å². The van der Waals surface area contributed by atoms with Crippen LogP contribution in [0.5, 0.6) is 0 Å². The molecule has 0 aromatic heterocycles. The predicted molar refractivity (Wildman–Crippen MR) is 118 cm³/mol. The van der Waals surface area contributed by atoms with Gasteiger partial charge in [0.1, 0.15) is 6.17 Å². The highest BCUT2D eigenvalue weighted by Gasteiger charge is 2.48. The second kappa shape index (κ2) is 9.06. The molecule has 0 aliphatic heterocycles. The quantitative estimate of drug-likeness (QED) is 0.500. The maximum atomic E-state index is 14.4. The summed E-state index contributed by atoms with van der Waals surface area (Å²) in [6, 6.07) is 0. The van der Waals surface area contributed by atoms with E-state index in [1.165, 1.54) is 44.1 Å². The molecule has 0 heterocycles. The normalized spacial score (nSPS) is 38.6. The van der Waals surface area contributed by atoms with E-state index in [0.717, 1.165) is 25.2 Å². The van der Waals surface area contributed by atoms with Crippen LogP contribution in [-0.2, 0) is 0 Å². The second-order valence-corrected chi connectivity index (χ2v) is 10.7. The lowest BCUT2D eigenvalue weighted by Crippen LogP contribution is -2.33. The fourth-order valence-electron chi connectivity index (χ4n) is 6.20. The van der Waals surface area contributed by atoms with Gasteiger partial charge in [-0.3, -0.25) is 0 Å². The Morgan fingerprint density at radius 1 is 1.17 bits per heavy atom. The lowest BCUT2D eigenvalue weighted by Gasteiger charge is -2.42. The number of allylic oxidation sites excluding steroid dienone is 3. The van der Waals surface area contributed by atoms with Crippen molar-refractivity contribution < 1.29 is 14.6 Å². The van der Waals surface area contributed by atoms with Crippen molar-refractivity contribution in [3.05, 3.63) is 35.5 Å². The van der Waals surface area contributed by atoms with Crippen molar-refractivity contribution in [2.24, 2.45) is 17.3 Å². The fraction of sp³-hybridized carbons (Fsp3) is 0.769. The minimum absolute atomic E-state index is 0.357. The van der Waals surface area contributed by atoms with Crippen molar-refractivity contribution in [1.82, 2.24) is 0 Å². The van der Waals surface area contributed by atoms with Gasteiger partial charge < -0.3 is 10.2 Å². The van der Waals surface area contributed by atoms with Crippen LogP contribution in [0.3, 0.4) is 0 Å². The smallest absolute Gasteiger partial charge is 0.126 e. The zero-order valence-corrected chi connectivity index (χ0v) is 18.7. The molecule has 0 aromatic carbocycles. The van der Waals surface area contributed by atoms with Crippen LogP contribution in [0.25, 0.3) is 0 Å². The number of rotatable bonds is 6. The van der Waals surface area contributed by atoms with E-state index in [1.54, 1.807) is 0 Å². The number of unbranched alkanes of at least 4 members (excludes halogenated alkanes) is 1. The SMILES string of the molecule is C=C1/C(=C\C=C2/CCCC3(C)C(CCCCC(C)(C)O)CCC23)C(F)CC[C@@H]1O. The maximum absolute atomic E-state index is 14.4. The molecule has 3 heteroatoms. The molecule has 0 spiro atoms. The topological polar surface area (TPSA) is 40.5 Å². The first-order chi connectivity index (χ1) is 13.6. The first-order valence-corrected chi connectivity index (χ1v) is 11.8. The molecule has 3 aliphatic rings. The number of hydrogen-bond acceptors (Lipinski definition) is 2. The first-order valence-electron chi connectivity index (χ1n) is 11.8. The highest BCUT2D eigenvalue weighted by Crippen LogP contribution is 2.58. The first kappa shape index (κ1) is 22.7. The Labute approximate surface area is 177 Å². The summed E-state index contributed by atoms with van der Waals surface area (Å²) in [5.41, 5.74) is 2.45. The number of aliphatic hydroxyl groups excluding tert-OH is 1. The monoisotopic (exact) mass is 404 g/mol. The molecule has 0 bridgehead atoms. The Hall–Kier alpha value is -0.930. The third-order valence-electron chi connectivity index (χ3n) is 8.03. The van der Waals surface area contributed by atoms with E-state index in [-0.39, 0.29) is 0 Å². The zero-order valence-electron chi connectivity index (χ0n) is 18.7. The molecule has 3 aliphatic carbocycles. The van der Waals surface area contributed by atoms with E-state index < -0.39 is 17.9 Å². The molecule has 3 rings (SSSR count).